The van der Waals surface area contributed by atoms with E-state index >= 15 is 0 Å². The summed E-state index contributed by atoms with van der Waals surface area (Å²) in [6.45, 7) is 2.68. The van der Waals surface area contributed by atoms with Crippen LogP contribution in [0.25, 0.3) is 0 Å². The Hall–Kier alpha value is -2.35. The zero-order chi connectivity index (χ0) is 26.2. The summed E-state index contributed by atoms with van der Waals surface area (Å²) in [5, 5.41) is 0. The van der Waals surface area contributed by atoms with Crippen molar-refractivity contribution in [2.24, 2.45) is 0 Å². The van der Waals surface area contributed by atoms with Gasteiger partial charge in [-0.15, -0.1) is 0 Å². The van der Waals surface area contributed by atoms with Crippen molar-refractivity contribution in [3.05, 3.63) is 53.1 Å². The highest BCUT2D eigenvalue weighted by Crippen LogP contribution is 2.40. The molecule has 1 heterocycles. The van der Waals surface area contributed by atoms with Gasteiger partial charge in [-0.05, 0) is 41.8 Å². The van der Waals surface area contributed by atoms with Gasteiger partial charge in [0, 0.05) is 25.4 Å². The van der Waals surface area contributed by atoms with Crippen LogP contribution in [0.5, 0.6) is 11.5 Å². The maximum atomic E-state index is 12.4. The summed E-state index contributed by atoms with van der Waals surface area (Å²) >= 11 is 0. The zero-order valence-corrected chi connectivity index (χ0v) is 22.7. The Morgan fingerprint density at radius 1 is 0.943 bits per heavy atom. The molecule has 10 nitrogen and oxygen atoms in total. The van der Waals surface area contributed by atoms with Crippen LogP contribution in [0.1, 0.15) is 29.7 Å². The van der Waals surface area contributed by atoms with Gasteiger partial charge in [-0.1, -0.05) is 18.2 Å². The SMILES string of the molecule is CCOc1cc(C(CS(C)(=O)=O)N2Cc3cccc(N(S(C)(=O)=O)S(C)(=O)=O)c3C2)ccc1OC. The van der Waals surface area contributed by atoms with Crippen LogP contribution in [-0.2, 0) is 43.0 Å². The summed E-state index contributed by atoms with van der Waals surface area (Å²) in [4.78, 5) is 1.88. The molecule has 1 atom stereocenters. The third-order valence-electron chi connectivity index (χ3n) is 5.56. The van der Waals surface area contributed by atoms with Crippen LogP contribution in [0, 0.1) is 0 Å². The molecule has 0 fully saturated rings. The fourth-order valence-corrected chi connectivity index (χ4v) is 8.29. The van der Waals surface area contributed by atoms with Crippen molar-refractivity contribution in [2.45, 2.75) is 26.1 Å². The number of ether oxygens (including phenoxy) is 2. The predicted molar refractivity (Wildman–Crippen MR) is 134 cm³/mol. The summed E-state index contributed by atoms with van der Waals surface area (Å²) in [7, 11) is -10.2. The van der Waals surface area contributed by atoms with Gasteiger partial charge in [0.2, 0.25) is 20.0 Å². The predicted octanol–water partition coefficient (Wildman–Crippen LogP) is 1.92. The van der Waals surface area contributed by atoms with E-state index in [1.165, 1.54) is 13.2 Å². The number of methoxy groups -OCH3 is 1. The molecule has 0 radical (unpaired) electrons. The van der Waals surface area contributed by atoms with E-state index in [1.807, 2.05) is 11.8 Å². The lowest BCUT2D eigenvalue weighted by molar-refractivity contribution is 0.216. The van der Waals surface area contributed by atoms with Crippen molar-refractivity contribution in [1.29, 1.82) is 0 Å². The molecule has 0 spiro atoms. The fraction of sp³-hybridized carbons (Fsp3) is 0.455. The summed E-state index contributed by atoms with van der Waals surface area (Å²) < 4.78 is 85.7. The maximum absolute atomic E-state index is 12.4. The lowest BCUT2D eigenvalue weighted by Crippen LogP contribution is -2.36. The maximum Gasteiger partial charge on any atom is 0.245 e. The molecular weight excluding hydrogens is 516 g/mol. The molecule has 1 aliphatic heterocycles. The minimum atomic E-state index is -4.14. The van der Waals surface area contributed by atoms with E-state index in [2.05, 4.69) is 0 Å². The average Bonchev–Trinajstić information content (AvgIpc) is 3.14. The van der Waals surface area contributed by atoms with Gasteiger partial charge in [-0.2, -0.15) is 3.71 Å². The standard InChI is InChI=1S/C22H30N2O8S3/c1-6-32-22-12-16(10-11-21(22)31-2)20(15-33(3,25)26)23-13-17-8-7-9-19(18(17)14-23)24(34(4,27)28)35(5,29)30/h7-12,20H,6,13-15H2,1-5H3. The van der Waals surface area contributed by atoms with E-state index in [0.29, 0.717) is 39.5 Å². The van der Waals surface area contributed by atoms with E-state index in [9.17, 15) is 25.3 Å². The third-order valence-corrected chi connectivity index (χ3v) is 9.70. The number of rotatable bonds is 10. The number of fused-ring (bicyclic) bond motifs is 1. The number of nitrogens with zero attached hydrogens (tertiary/aromatic N) is 2. The molecule has 0 saturated heterocycles. The van der Waals surface area contributed by atoms with Crippen LogP contribution in [0.2, 0.25) is 0 Å². The first-order valence-electron chi connectivity index (χ1n) is 10.7. The molecule has 3 rings (SSSR count). The molecule has 35 heavy (non-hydrogen) atoms. The molecule has 2 aromatic carbocycles. The molecule has 1 aliphatic rings. The minimum absolute atomic E-state index is 0.0397. The number of anilines is 1. The first-order valence-corrected chi connectivity index (χ1v) is 16.4. The van der Waals surface area contributed by atoms with Gasteiger partial charge in [-0.3, -0.25) is 4.90 Å². The minimum Gasteiger partial charge on any atom is -0.493 e. The topological polar surface area (TPSA) is 127 Å². The zero-order valence-electron chi connectivity index (χ0n) is 20.3. The molecule has 1 unspecified atom stereocenters. The summed E-state index contributed by atoms with van der Waals surface area (Å²) in [6, 6.07) is 9.42. The van der Waals surface area contributed by atoms with Crippen LogP contribution in [0.3, 0.4) is 0 Å². The van der Waals surface area contributed by atoms with E-state index < -0.39 is 35.9 Å². The van der Waals surface area contributed by atoms with Crippen LogP contribution in [0.4, 0.5) is 5.69 Å². The quantitative estimate of drug-likeness (QED) is 0.439. The van der Waals surface area contributed by atoms with E-state index in [1.54, 1.807) is 30.3 Å². The molecule has 0 saturated carbocycles. The summed E-state index contributed by atoms with van der Waals surface area (Å²) in [5.74, 6) is 0.789. The summed E-state index contributed by atoms with van der Waals surface area (Å²) in [6.07, 6.45) is 2.81. The Labute approximate surface area is 207 Å². The van der Waals surface area contributed by atoms with Crippen LogP contribution >= 0.6 is 0 Å². The van der Waals surface area contributed by atoms with Gasteiger partial charge in [0.15, 0.2) is 11.5 Å². The van der Waals surface area contributed by atoms with E-state index in [4.69, 9.17) is 9.47 Å². The number of sulfone groups is 1. The van der Waals surface area contributed by atoms with Gasteiger partial charge in [0.1, 0.15) is 9.84 Å². The molecule has 2 aromatic rings. The number of sulfonamides is 2. The first-order chi connectivity index (χ1) is 16.2. The Kier molecular flexibility index (Phi) is 7.75. The lowest BCUT2D eigenvalue weighted by atomic mass is 10.1. The monoisotopic (exact) mass is 546 g/mol. The van der Waals surface area contributed by atoms with E-state index in [-0.39, 0.29) is 18.0 Å². The van der Waals surface area contributed by atoms with Gasteiger partial charge in [-0.25, -0.2) is 25.3 Å². The highest BCUT2D eigenvalue weighted by Gasteiger charge is 2.36. The van der Waals surface area contributed by atoms with Crippen molar-refractivity contribution in [1.82, 2.24) is 4.90 Å². The van der Waals surface area contributed by atoms with Gasteiger partial charge in [0.25, 0.3) is 0 Å². The molecule has 13 heteroatoms. The number of hydrogen-bond acceptors (Lipinski definition) is 9. The van der Waals surface area contributed by atoms with Crippen LogP contribution < -0.4 is 13.2 Å². The Balaban J connectivity index is 2.09. The molecule has 0 aliphatic carbocycles. The van der Waals surface area contributed by atoms with Crippen molar-refractivity contribution in [3.63, 3.8) is 0 Å². The molecule has 0 N–H and O–H groups in total. The fourth-order valence-electron chi connectivity index (χ4n) is 4.29. The number of hydrogen-bond donors (Lipinski definition) is 0. The van der Waals surface area contributed by atoms with Crippen LogP contribution in [-0.4, -0.2) is 68.4 Å². The van der Waals surface area contributed by atoms with Crippen molar-refractivity contribution in [3.8, 4) is 11.5 Å². The number of benzene rings is 2. The first kappa shape index (κ1) is 27.2. The second-order valence-corrected chi connectivity index (χ2v) is 14.6. The van der Waals surface area contributed by atoms with E-state index in [0.717, 1.165) is 24.3 Å². The second-order valence-electron chi connectivity index (χ2n) is 8.49. The highest BCUT2D eigenvalue weighted by atomic mass is 32.3. The molecule has 0 aromatic heterocycles. The largest absolute Gasteiger partial charge is 0.493 e. The lowest BCUT2D eigenvalue weighted by Gasteiger charge is -2.28. The second kappa shape index (κ2) is 9.96. The van der Waals surface area contributed by atoms with Crippen LogP contribution in [0.15, 0.2) is 36.4 Å². The highest BCUT2D eigenvalue weighted by molar-refractivity contribution is 8.09. The summed E-state index contributed by atoms with van der Waals surface area (Å²) in [5.41, 5.74) is 1.95. The average molecular weight is 547 g/mol. The smallest absolute Gasteiger partial charge is 0.245 e. The van der Waals surface area contributed by atoms with Crippen molar-refractivity contribution < 1.29 is 34.7 Å². The Morgan fingerprint density at radius 3 is 2.14 bits per heavy atom. The molecule has 0 bridgehead atoms. The van der Waals surface area contributed by atoms with Crippen molar-refractivity contribution in [2.75, 3.05) is 41.9 Å². The molecular formula is C22H30N2O8S3. The van der Waals surface area contributed by atoms with Gasteiger partial charge in [0.05, 0.1) is 37.7 Å². The Morgan fingerprint density at radius 2 is 1.60 bits per heavy atom. The normalized spacial score (nSPS) is 15.5. The van der Waals surface area contributed by atoms with Gasteiger partial charge < -0.3 is 9.47 Å². The Bertz CT molecular complexity index is 1390. The van der Waals surface area contributed by atoms with Gasteiger partial charge >= 0.3 is 0 Å². The van der Waals surface area contributed by atoms with Crippen molar-refractivity contribution >= 4 is 35.6 Å². The molecule has 0 amide bonds. The molecule has 194 valence electrons. The third kappa shape index (κ3) is 6.26.